The van der Waals surface area contributed by atoms with Crippen molar-refractivity contribution in [3.63, 3.8) is 0 Å². The Kier molecular flexibility index (Phi) is 3.00. The minimum absolute atomic E-state index is 0.0139. The number of nitrogens with zero attached hydrogens (tertiary/aromatic N) is 2. The highest BCUT2D eigenvalue weighted by Crippen LogP contribution is 2.32. The maximum absolute atomic E-state index is 13.1. The van der Waals surface area contributed by atoms with Crippen molar-refractivity contribution in [2.75, 3.05) is 11.4 Å². The number of anilines is 1. The van der Waals surface area contributed by atoms with Gasteiger partial charge in [-0.3, -0.25) is 9.69 Å². The number of benzene rings is 1. The molecule has 1 aliphatic heterocycles. The number of fused-ring (bicyclic) bond motifs is 1. The molecule has 2 N–H and O–H groups in total. The number of aromatic nitrogens is 1. The van der Waals surface area contributed by atoms with Crippen molar-refractivity contribution in [3.05, 3.63) is 24.0 Å². The van der Waals surface area contributed by atoms with Gasteiger partial charge in [0.15, 0.2) is 5.13 Å². The van der Waals surface area contributed by atoms with Crippen LogP contribution >= 0.6 is 11.3 Å². The summed E-state index contributed by atoms with van der Waals surface area (Å²) < 4.78 is 36.4. The van der Waals surface area contributed by atoms with Gasteiger partial charge in [-0.1, -0.05) is 11.3 Å². The fourth-order valence-electron chi connectivity index (χ4n) is 2.08. The summed E-state index contributed by atoms with van der Waals surface area (Å²) in [7, 11) is -3.76. The lowest BCUT2D eigenvalue weighted by atomic mass is 10.3. The van der Waals surface area contributed by atoms with E-state index in [0.29, 0.717) is 10.6 Å². The SMILES string of the molecule is NS(=O)(=O)C1CC(=O)N(c2nc3cc(F)ccc3s2)C1. The van der Waals surface area contributed by atoms with E-state index in [2.05, 4.69) is 4.98 Å². The van der Waals surface area contributed by atoms with Gasteiger partial charge in [0.05, 0.1) is 10.2 Å². The van der Waals surface area contributed by atoms with Gasteiger partial charge in [-0.15, -0.1) is 0 Å². The molecule has 20 heavy (non-hydrogen) atoms. The first-order chi connectivity index (χ1) is 9.34. The van der Waals surface area contributed by atoms with Crippen molar-refractivity contribution in [2.45, 2.75) is 11.7 Å². The van der Waals surface area contributed by atoms with Crippen LogP contribution in [0.2, 0.25) is 0 Å². The summed E-state index contributed by atoms with van der Waals surface area (Å²) in [5.41, 5.74) is 0.442. The molecular formula is C11H10FN3O3S2. The Balaban J connectivity index is 1.97. The Hall–Kier alpha value is -1.58. The summed E-state index contributed by atoms with van der Waals surface area (Å²) in [6.45, 7) is -0.0139. The number of carbonyl (C=O) groups excluding carboxylic acids is 1. The second-order valence-corrected chi connectivity index (χ2v) is 7.38. The summed E-state index contributed by atoms with van der Waals surface area (Å²) in [5, 5.41) is 4.51. The van der Waals surface area contributed by atoms with E-state index in [0.717, 1.165) is 4.70 Å². The molecule has 6 nitrogen and oxygen atoms in total. The molecule has 0 saturated carbocycles. The molecule has 0 spiro atoms. The first-order valence-electron chi connectivity index (χ1n) is 5.72. The van der Waals surface area contributed by atoms with Crippen LogP contribution in [-0.4, -0.2) is 31.1 Å². The number of nitrogens with two attached hydrogens (primary N) is 1. The Labute approximate surface area is 118 Å². The van der Waals surface area contributed by atoms with Crippen LogP contribution in [0.15, 0.2) is 18.2 Å². The number of hydrogen-bond acceptors (Lipinski definition) is 5. The van der Waals surface area contributed by atoms with Crippen LogP contribution in [-0.2, 0) is 14.8 Å². The van der Waals surface area contributed by atoms with Crippen molar-refractivity contribution in [2.24, 2.45) is 5.14 Å². The van der Waals surface area contributed by atoms with Crippen molar-refractivity contribution >= 4 is 42.6 Å². The predicted octanol–water partition coefficient (Wildman–Crippen LogP) is 0.829. The van der Waals surface area contributed by atoms with E-state index in [9.17, 15) is 17.6 Å². The monoisotopic (exact) mass is 315 g/mol. The van der Waals surface area contributed by atoms with Gasteiger partial charge in [-0.2, -0.15) is 0 Å². The predicted molar refractivity (Wildman–Crippen MR) is 73.4 cm³/mol. The second-order valence-electron chi connectivity index (χ2n) is 4.53. The lowest BCUT2D eigenvalue weighted by molar-refractivity contribution is -0.117. The number of halogens is 1. The fourth-order valence-corrected chi connectivity index (χ4v) is 3.79. The number of hydrogen-bond donors (Lipinski definition) is 1. The topological polar surface area (TPSA) is 93.4 Å². The number of carbonyl (C=O) groups is 1. The van der Waals surface area contributed by atoms with Gasteiger partial charge in [-0.05, 0) is 12.1 Å². The zero-order valence-corrected chi connectivity index (χ0v) is 11.7. The fraction of sp³-hybridized carbons (Fsp3) is 0.273. The number of sulfonamides is 1. The molecule has 1 saturated heterocycles. The molecule has 1 aromatic carbocycles. The van der Waals surface area contributed by atoms with Crippen LogP contribution in [0.4, 0.5) is 9.52 Å². The molecule has 1 amide bonds. The minimum atomic E-state index is -3.76. The van der Waals surface area contributed by atoms with Crippen molar-refractivity contribution in [3.8, 4) is 0 Å². The number of primary sulfonamides is 1. The highest BCUT2D eigenvalue weighted by molar-refractivity contribution is 7.89. The molecular weight excluding hydrogens is 305 g/mol. The molecule has 1 atom stereocenters. The molecule has 1 fully saturated rings. The maximum atomic E-state index is 13.1. The summed E-state index contributed by atoms with van der Waals surface area (Å²) in [5.74, 6) is -0.756. The van der Waals surface area contributed by atoms with Crippen molar-refractivity contribution < 1.29 is 17.6 Å². The summed E-state index contributed by atoms with van der Waals surface area (Å²) in [6, 6.07) is 4.15. The van der Waals surface area contributed by atoms with Gasteiger partial charge in [0.25, 0.3) is 0 Å². The third-order valence-corrected chi connectivity index (χ3v) is 5.43. The first-order valence-corrected chi connectivity index (χ1v) is 8.15. The number of thiazole rings is 1. The van der Waals surface area contributed by atoms with Crippen LogP contribution in [0.3, 0.4) is 0 Å². The minimum Gasteiger partial charge on any atom is -0.287 e. The van der Waals surface area contributed by atoms with Crippen LogP contribution in [0.25, 0.3) is 10.2 Å². The Morgan fingerprint density at radius 1 is 1.45 bits per heavy atom. The van der Waals surface area contributed by atoms with Gasteiger partial charge in [-0.25, -0.2) is 22.9 Å². The maximum Gasteiger partial charge on any atom is 0.230 e. The average Bonchev–Trinajstić information content (AvgIpc) is 2.90. The zero-order valence-electron chi connectivity index (χ0n) is 10.1. The molecule has 1 aromatic heterocycles. The van der Waals surface area contributed by atoms with Gasteiger partial charge in [0.1, 0.15) is 11.1 Å². The quantitative estimate of drug-likeness (QED) is 0.888. The summed E-state index contributed by atoms with van der Waals surface area (Å²) in [4.78, 5) is 17.3. The molecule has 0 aliphatic carbocycles. The Morgan fingerprint density at radius 3 is 2.85 bits per heavy atom. The molecule has 1 unspecified atom stereocenters. The van der Waals surface area contributed by atoms with Gasteiger partial charge < -0.3 is 0 Å². The highest BCUT2D eigenvalue weighted by atomic mass is 32.2. The van der Waals surface area contributed by atoms with E-state index in [1.165, 1.54) is 28.4 Å². The highest BCUT2D eigenvalue weighted by Gasteiger charge is 2.38. The van der Waals surface area contributed by atoms with Gasteiger partial charge in [0, 0.05) is 19.0 Å². The smallest absolute Gasteiger partial charge is 0.230 e. The van der Waals surface area contributed by atoms with Crippen LogP contribution in [0, 0.1) is 5.82 Å². The van der Waals surface area contributed by atoms with E-state index in [-0.39, 0.29) is 18.9 Å². The average molecular weight is 315 g/mol. The van der Waals surface area contributed by atoms with E-state index in [4.69, 9.17) is 5.14 Å². The van der Waals surface area contributed by atoms with Crippen molar-refractivity contribution in [1.29, 1.82) is 0 Å². The third kappa shape index (κ3) is 2.28. The number of rotatable bonds is 2. The number of amides is 1. The third-order valence-electron chi connectivity index (χ3n) is 3.12. The van der Waals surface area contributed by atoms with Crippen LogP contribution < -0.4 is 10.0 Å². The first kappa shape index (κ1) is 13.4. The lowest BCUT2D eigenvalue weighted by Gasteiger charge is -2.11. The molecule has 3 rings (SSSR count). The Bertz CT molecular complexity index is 802. The van der Waals surface area contributed by atoms with Crippen LogP contribution in [0.1, 0.15) is 6.42 Å². The van der Waals surface area contributed by atoms with Gasteiger partial charge in [0.2, 0.25) is 15.9 Å². The van der Waals surface area contributed by atoms with E-state index >= 15 is 0 Å². The largest absolute Gasteiger partial charge is 0.287 e. The molecule has 2 aromatic rings. The zero-order chi connectivity index (χ0) is 14.5. The molecule has 0 radical (unpaired) electrons. The molecule has 106 valence electrons. The van der Waals surface area contributed by atoms with Crippen molar-refractivity contribution in [1.82, 2.24) is 4.98 Å². The molecule has 2 heterocycles. The summed E-state index contributed by atoms with van der Waals surface area (Å²) >= 11 is 1.21. The molecule has 1 aliphatic rings. The standard InChI is InChI=1S/C11H10FN3O3S2/c12-6-1-2-9-8(3-6)14-11(19-9)15-5-7(4-10(15)16)20(13,17)18/h1-3,7H,4-5H2,(H2,13,17,18). The van der Waals surface area contributed by atoms with E-state index in [1.807, 2.05) is 0 Å². The molecule has 9 heteroatoms. The van der Waals surface area contributed by atoms with Crippen LogP contribution in [0.5, 0.6) is 0 Å². The summed E-state index contributed by atoms with van der Waals surface area (Å²) in [6.07, 6.45) is -0.150. The lowest BCUT2D eigenvalue weighted by Crippen LogP contribution is -2.32. The normalized spacial score (nSPS) is 20.0. The Morgan fingerprint density at radius 2 is 2.20 bits per heavy atom. The van der Waals surface area contributed by atoms with Gasteiger partial charge >= 0.3 is 0 Å². The van der Waals surface area contributed by atoms with E-state index < -0.39 is 21.1 Å². The second kappa shape index (κ2) is 4.47. The van der Waals surface area contributed by atoms with E-state index in [1.54, 1.807) is 6.07 Å². The molecule has 0 bridgehead atoms.